The summed E-state index contributed by atoms with van der Waals surface area (Å²) < 4.78 is 2.94. The van der Waals surface area contributed by atoms with Gasteiger partial charge >= 0.3 is 5.97 Å². The molecule has 0 spiro atoms. The fourth-order valence-electron chi connectivity index (χ4n) is 2.29. The molecule has 4 heteroatoms. The lowest BCUT2D eigenvalue weighted by Gasteiger charge is -2.12. The van der Waals surface area contributed by atoms with Crippen molar-refractivity contribution in [3.63, 3.8) is 0 Å². The van der Waals surface area contributed by atoms with Crippen molar-refractivity contribution in [2.75, 3.05) is 0 Å². The van der Waals surface area contributed by atoms with Gasteiger partial charge in [-0.1, -0.05) is 15.9 Å². The summed E-state index contributed by atoms with van der Waals surface area (Å²) in [6.45, 7) is 6.18. The second kappa shape index (κ2) is 4.18. The van der Waals surface area contributed by atoms with Crippen molar-refractivity contribution in [3.05, 3.63) is 33.9 Å². The molecule has 17 heavy (non-hydrogen) atoms. The van der Waals surface area contributed by atoms with Crippen molar-refractivity contribution in [1.29, 1.82) is 0 Å². The molecule has 0 aliphatic rings. The number of hydrogen-bond donors (Lipinski definition) is 1. The highest BCUT2D eigenvalue weighted by atomic mass is 79.9. The second-order valence-corrected chi connectivity index (χ2v) is 5.36. The van der Waals surface area contributed by atoms with Gasteiger partial charge in [-0.2, -0.15) is 0 Å². The predicted octanol–water partition coefficient (Wildman–Crippen LogP) is 3.99. The highest BCUT2D eigenvalue weighted by Gasteiger charge is 2.16. The van der Waals surface area contributed by atoms with Crippen LogP contribution >= 0.6 is 15.9 Å². The number of aromatic carboxylic acids is 1. The van der Waals surface area contributed by atoms with E-state index in [0.717, 1.165) is 21.1 Å². The topological polar surface area (TPSA) is 42.2 Å². The molecule has 1 heterocycles. The van der Waals surface area contributed by atoms with E-state index in [1.54, 1.807) is 6.07 Å². The Morgan fingerprint density at radius 3 is 2.53 bits per heavy atom. The van der Waals surface area contributed by atoms with Crippen LogP contribution in [0.15, 0.2) is 22.7 Å². The summed E-state index contributed by atoms with van der Waals surface area (Å²) in [7, 11) is 0. The van der Waals surface area contributed by atoms with Crippen LogP contribution in [0.25, 0.3) is 10.9 Å². The first-order valence-corrected chi connectivity index (χ1v) is 6.25. The maximum atomic E-state index is 11.2. The number of halogens is 1. The smallest absolute Gasteiger partial charge is 0.336 e. The molecule has 1 aromatic heterocycles. The van der Waals surface area contributed by atoms with E-state index in [2.05, 4.69) is 34.3 Å². The van der Waals surface area contributed by atoms with E-state index in [1.807, 2.05) is 19.1 Å². The molecule has 3 nitrogen and oxygen atoms in total. The minimum atomic E-state index is -0.891. The molecule has 0 fully saturated rings. The van der Waals surface area contributed by atoms with Gasteiger partial charge in [-0.25, -0.2) is 4.79 Å². The Morgan fingerprint density at radius 1 is 1.35 bits per heavy atom. The summed E-state index contributed by atoms with van der Waals surface area (Å²) in [5, 5.41) is 10.0. The minimum Gasteiger partial charge on any atom is -0.478 e. The lowest BCUT2D eigenvalue weighted by Crippen LogP contribution is -2.03. The average molecular weight is 296 g/mol. The van der Waals surface area contributed by atoms with E-state index < -0.39 is 5.97 Å². The molecule has 0 saturated carbocycles. The number of benzene rings is 1. The Labute approximate surface area is 108 Å². The van der Waals surface area contributed by atoms with Crippen LogP contribution in [-0.4, -0.2) is 15.6 Å². The van der Waals surface area contributed by atoms with Crippen molar-refractivity contribution in [1.82, 2.24) is 4.57 Å². The summed E-state index contributed by atoms with van der Waals surface area (Å²) in [5.74, 6) is -0.891. The molecule has 0 amide bonds. The molecule has 0 atom stereocenters. The Kier molecular flexibility index (Phi) is 3.00. The Morgan fingerprint density at radius 2 is 2.00 bits per heavy atom. The maximum Gasteiger partial charge on any atom is 0.336 e. The summed E-state index contributed by atoms with van der Waals surface area (Å²) in [5.41, 5.74) is 2.39. The molecule has 90 valence electrons. The molecule has 0 unspecified atom stereocenters. The SMILES string of the molecule is Cc1cc2c(C(=O)O)cc(Br)cc2n1C(C)C. The van der Waals surface area contributed by atoms with Crippen LogP contribution in [0.5, 0.6) is 0 Å². The number of aryl methyl sites for hydroxylation is 1. The molecule has 0 bridgehead atoms. The first-order valence-electron chi connectivity index (χ1n) is 5.46. The minimum absolute atomic E-state index is 0.309. The van der Waals surface area contributed by atoms with Crippen molar-refractivity contribution in [2.24, 2.45) is 0 Å². The lowest BCUT2D eigenvalue weighted by atomic mass is 10.1. The third kappa shape index (κ3) is 1.97. The van der Waals surface area contributed by atoms with Crippen LogP contribution in [0.4, 0.5) is 0 Å². The Bertz CT molecular complexity index is 599. The van der Waals surface area contributed by atoms with E-state index in [4.69, 9.17) is 0 Å². The quantitative estimate of drug-likeness (QED) is 0.910. The fourth-order valence-corrected chi connectivity index (χ4v) is 2.73. The number of hydrogen-bond acceptors (Lipinski definition) is 1. The van der Waals surface area contributed by atoms with Gasteiger partial charge in [0.2, 0.25) is 0 Å². The Balaban J connectivity index is 2.89. The van der Waals surface area contributed by atoms with Crippen LogP contribution in [0.3, 0.4) is 0 Å². The highest BCUT2D eigenvalue weighted by Crippen LogP contribution is 2.29. The zero-order valence-electron chi connectivity index (χ0n) is 9.99. The summed E-state index contributed by atoms with van der Waals surface area (Å²) in [6.07, 6.45) is 0. The summed E-state index contributed by atoms with van der Waals surface area (Å²) in [6, 6.07) is 5.86. The van der Waals surface area contributed by atoms with Crippen LogP contribution < -0.4 is 0 Å². The Hall–Kier alpha value is -1.29. The third-order valence-electron chi connectivity index (χ3n) is 2.86. The van der Waals surface area contributed by atoms with Gasteiger partial charge in [-0.05, 0) is 39.0 Å². The normalized spacial score (nSPS) is 11.4. The molecule has 2 rings (SSSR count). The number of aromatic nitrogens is 1. The largest absolute Gasteiger partial charge is 0.478 e. The first kappa shape index (κ1) is 12.2. The van der Waals surface area contributed by atoms with Gasteiger partial charge in [0.15, 0.2) is 0 Å². The fraction of sp³-hybridized carbons (Fsp3) is 0.308. The number of carboxylic acid groups (broad SMARTS) is 1. The number of carboxylic acids is 1. The van der Waals surface area contributed by atoms with Crippen LogP contribution in [0, 0.1) is 6.92 Å². The van der Waals surface area contributed by atoms with Crippen molar-refractivity contribution < 1.29 is 9.90 Å². The van der Waals surface area contributed by atoms with Crippen molar-refractivity contribution in [2.45, 2.75) is 26.8 Å². The molecule has 0 aliphatic carbocycles. The van der Waals surface area contributed by atoms with Gasteiger partial charge in [0.05, 0.1) is 11.1 Å². The average Bonchev–Trinajstić information content (AvgIpc) is 2.52. The molecule has 0 radical (unpaired) electrons. The first-order chi connectivity index (χ1) is 7.91. The molecule has 1 aromatic carbocycles. The van der Waals surface area contributed by atoms with Crippen molar-refractivity contribution >= 4 is 32.8 Å². The number of nitrogens with zero attached hydrogens (tertiary/aromatic N) is 1. The van der Waals surface area contributed by atoms with Crippen LogP contribution in [-0.2, 0) is 0 Å². The number of carbonyl (C=O) groups is 1. The van der Waals surface area contributed by atoms with Crippen LogP contribution in [0.1, 0.15) is 35.9 Å². The van der Waals surface area contributed by atoms with Gasteiger partial charge in [-0.3, -0.25) is 0 Å². The summed E-state index contributed by atoms with van der Waals surface area (Å²) >= 11 is 3.37. The van der Waals surface area contributed by atoms with E-state index in [0.29, 0.717) is 11.6 Å². The van der Waals surface area contributed by atoms with E-state index in [1.165, 1.54) is 0 Å². The molecule has 0 aliphatic heterocycles. The monoisotopic (exact) mass is 295 g/mol. The lowest BCUT2D eigenvalue weighted by molar-refractivity contribution is 0.0699. The molecule has 1 N–H and O–H groups in total. The second-order valence-electron chi connectivity index (χ2n) is 4.44. The predicted molar refractivity (Wildman–Crippen MR) is 71.7 cm³/mol. The maximum absolute atomic E-state index is 11.2. The van der Waals surface area contributed by atoms with Gasteiger partial charge in [0.1, 0.15) is 0 Å². The number of rotatable bonds is 2. The molecule has 2 aromatic rings. The van der Waals surface area contributed by atoms with Gasteiger partial charge in [-0.15, -0.1) is 0 Å². The van der Waals surface area contributed by atoms with Gasteiger partial charge < -0.3 is 9.67 Å². The zero-order valence-corrected chi connectivity index (χ0v) is 11.6. The van der Waals surface area contributed by atoms with E-state index >= 15 is 0 Å². The standard InChI is InChI=1S/C13H14BrNO2/c1-7(2)15-8(3)4-10-11(13(16)17)5-9(14)6-12(10)15/h4-7H,1-3H3,(H,16,17). The van der Waals surface area contributed by atoms with Gasteiger partial charge in [0.25, 0.3) is 0 Å². The summed E-state index contributed by atoms with van der Waals surface area (Å²) in [4.78, 5) is 11.2. The number of fused-ring (bicyclic) bond motifs is 1. The van der Waals surface area contributed by atoms with Crippen LogP contribution in [0.2, 0.25) is 0 Å². The highest BCUT2D eigenvalue weighted by molar-refractivity contribution is 9.10. The molecular weight excluding hydrogens is 282 g/mol. The van der Waals surface area contributed by atoms with E-state index in [9.17, 15) is 9.90 Å². The van der Waals surface area contributed by atoms with Crippen molar-refractivity contribution in [3.8, 4) is 0 Å². The third-order valence-corrected chi connectivity index (χ3v) is 3.32. The molecule has 0 saturated heterocycles. The van der Waals surface area contributed by atoms with Gasteiger partial charge in [0, 0.05) is 21.6 Å². The van der Waals surface area contributed by atoms with E-state index in [-0.39, 0.29) is 0 Å². The zero-order chi connectivity index (χ0) is 12.7. The molecular formula is C13H14BrNO2.